The van der Waals surface area contributed by atoms with Crippen LogP contribution in [0, 0.1) is 5.82 Å². The summed E-state index contributed by atoms with van der Waals surface area (Å²) in [5.41, 5.74) is 1.86. The lowest BCUT2D eigenvalue weighted by molar-refractivity contribution is 0.0761. The molecule has 2 aromatic carbocycles. The minimum atomic E-state index is -0.205. The third-order valence-corrected chi connectivity index (χ3v) is 5.28. The summed E-state index contributed by atoms with van der Waals surface area (Å²) in [6, 6.07) is 14.5. The molecule has 0 unspecified atom stereocenters. The van der Waals surface area contributed by atoms with Crippen LogP contribution in [0.2, 0.25) is 0 Å². The molecule has 0 radical (unpaired) electrons. The molecule has 0 aliphatic carbocycles. The van der Waals surface area contributed by atoms with Crippen LogP contribution in [0.5, 0.6) is 0 Å². The Morgan fingerprint density at radius 3 is 2.40 bits per heavy atom. The Labute approximate surface area is 152 Å². The lowest BCUT2D eigenvalue weighted by Crippen LogP contribution is -2.35. The van der Waals surface area contributed by atoms with Crippen molar-refractivity contribution in [2.45, 2.75) is 17.9 Å². The van der Waals surface area contributed by atoms with Crippen molar-refractivity contribution in [3.63, 3.8) is 0 Å². The smallest absolute Gasteiger partial charge is 0.253 e. The Morgan fingerprint density at radius 1 is 1.00 bits per heavy atom. The third kappa shape index (κ3) is 4.83. The van der Waals surface area contributed by atoms with Crippen LogP contribution in [0.3, 0.4) is 0 Å². The molecule has 1 heterocycles. The normalized spacial score (nSPS) is 15.8. The fourth-order valence-electron chi connectivity index (χ4n) is 3.10. The van der Waals surface area contributed by atoms with Crippen LogP contribution in [0.1, 0.15) is 22.3 Å². The Hall–Kier alpha value is -1.85. The summed E-state index contributed by atoms with van der Waals surface area (Å²) >= 11 is 1.68. The Bertz CT molecular complexity index is 703. The molecule has 132 valence electrons. The number of amides is 1. The van der Waals surface area contributed by atoms with Gasteiger partial charge in [0, 0.05) is 43.2 Å². The van der Waals surface area contributed by atoms with E-state index in [0.717, 1.165) is 55.2 Å². The van der Waals surface area contributed by atoms with Gasteiger partial charge in [0.25, 0.3) is 5.91 Å². The van der Waals surface area contributed by atoms with E-state index in [9.17, 15) is 9.18 Å². The number of carbonyl (C=O) groups excluding carboxylic acids is 1. The summed E-state index contributed by atoms with van der Waals surface area (Å²) in [6.45, 7) is 4.09. The maximum atomic E-state index is 13.0. The van der Waals surface area contributed by atoms with Gasteiger partial charge in [-0.1, -0.05) is 12.1 Å². The van der Waals surface area contributed by atoms with Crippen molar-refractivity contribution in [3.05, 3.63) is 65.5 Å². The van der Waals surface area contributed by atoms with Gasteiger partial charge in [-0.25, -0.2) is 4.39 Å². The van der Waals surface area contributed by atoms with Crippen molar-refractivity contribution in [3.8, 4) is 0 Å². The molecular weight excluding hydrogens is 335 g/mol. The number of hydrogen-bond acceptors (Lipinski definition) is 3. The maximum absolute atomic E-state index is 13.0. The van der Waals surface area contributed by atoms with Gasteiger partial charge < -0.3 is 4.90 Å². The van der Waals surface area contributed by atoms with Gasteiger partial charge >= 0.3 is 0 Å². The standard InChI is InChI=1S/C20H23FN2OS/c1-25-19-9-5-17(6-10-19)20(24)23-12-2-11-22(13-14-23)15-16-3-7-18(21)8-4-16/h3-10H,2,11-15H2,1H3. The van der Waals surface area contributed by atoms with Crippen molar-refractivity contribution in [1.82, 2.24) is 9.80 Å². The first kappa shape index (κ1) is 18.0. The lowest BCUT2D eigenvalue weighted by atomic mass is 10.2. The zero-order chi connectivity index (χ0) is 17.6. The molecule has 0 N–H and O–H groups in total. The van der Waals surface area contributed by atoms with Gasteiger partial charge in [0.15, 0.2) is 0 Å². The molecule has 5 heteroatoms. The number of benzene rings is 2. The van der Waals surface area contributed by atoms with Gasteiger partial charge in [0.05, 0.1) is 0 Å². The summed E-state index contributed by atoms with van der Waals surface area (Å²) in [6.07, 6.45) is 2.98. The van der Waals surface area contributed by atoms with E-state index in [1.165, 1.54) is 12.1 Å². The monoisotopic (exact) mass is 358 g/mol. The van der Waals surface area contributed by atoms with E-state index in [0.29, 0.717) is 0 Å². The van der Waals surface area contributed by atoms with Crippen LogP contribution in [0.15, 0.2) is 53.4 Å². The van der Waals surface area contributed by atoms with E-state index in [4.69, 9.17) is 0 Å². The summed E-state index contributed by atoms with van der Waals surface area (Å²) in [5.74, 6) is -0.0971. The summed E-state index contributed by atoms with van der Waals surface area (Å²) in [5, 5.41) is 0. The number of halogens is 1. The molecule has 0 aromatic heterocycles. The minimum absolute atomic E-state index is 0.108. The van der Waals surface area contributed by atoms with Crippen molar-refractivity contribution in [1.29, 1.82) is 0 Å². The molecule has 1 aliphatic heterocycles. The highest BCUT2D eigenvalue weighted by Crippen LogP contribution is 2.17. The van der Waals surface area contributed by atoms with Crippen LogP contribution in [-0.4, -0.2) is 48.1 Å². The molecule has 0 bridgehead atoms. The number of nitrogens with zero attached hydrogens (tertiary/aromatic N) is 2. The Kier molecular flexibility index (Phi) is 6.10. The minimum Gasteiger partial charge on any atom is -0.337 e. The predicted molar refractivity (Wildman–Crippen MR) is 100 cm³/mol. The van der Waals surface area contributed by atoms with Crippen LogP contribution in [-0.2, 0) is 6.54 Å². The van der Waals surface area contributed by atoms with E-state index in [-0.39, 0.29) is 11.7 Å². The second-order valence-corrected chi connectivity index (χ2v) is 7.16. The first-order chi connectivity index (χ1) is 12.2. The highest BCUT2D eigenvalue weighted by molar-refractivity contribution is 7.98. The van der Waals surface area contributed by atoms with Crippen LogP contribution in [0.4, 0.5) is 4.39 Å². The SMILES string of the molecule is CSc1ccc(C(=O)N2CCCN(Cc3ccc(F)cc3)CC2)cc1. The summed E-state index contributed by atoms with van der Waals surface area (Å²) in [7, 11) is 0. The number of thioether (sulfide) groups is 1. The molecule has 1 aliphatic rings. The zero-order valence-electron chi connectivity index (χ0n) is 14.5. The average molecular weight is 358 g/mol. The highest BCUT2D eigenvalue weighted by atomic mass is 32.2. The van der Waals surface area contributed by atoms with Gasteiger partial charge in [-0.3, -0.25) is 9.69 Å². The zero-order valence-corrected chi connectivity index (χ0v) is 15.3. The van der Waals surface area contributed by atoms with Crippen LogP contribution >= 0.6 is 11.8 Å². The average Bonchev–Trinajstić information content (AvgIpc) is 2.89. The van der Waals surface area contributed by atoms with Crippen molar-refractivity contribution >= 4 is 17.7 Å². The fraction of sp³-hybridized carbons (Fsp3) is 0.350. The van der Waals surface area contributed by atoms with E-state index in [1.807, 2.05) is 47.6 Å². The number of rotatable bonds is 4. The van der Waals surface area contributed by atoms with Gasteiger partial charge in [0.2, 0.25) is 0 Å². The molecule has 0 spiro atoms. The van der Waals surface area contributed by atoms with Gasteiger partial charge in [-0.2, -0.15) is 0 Å². The molecule has 0 saturated carbocycles. The van der Waals surface area contributed by atoms with E-state index in [1.54, 1.807) is 11.8 Å². The summed E-state index contributed by atoms with van der Waals surface area (Å²) < 4.78 is 13.0. The molecule has 3 rings (SSSR count). The molecule has 1 amide bonds. The molecule has 3 nitrogen and oxygen atoms in total. The molecule has 2 aromatic rings. The Morgan fingerprint density at radius 2 is 1.72 bits per heavy atom. The van der Waals surface area contributed by atoms with Crippen molar-refractivity contribution < 1.29 is 9.18 Å². The highest BCUT2D eigenvalue weighted by Gasteiger charge is 2.20. The maximum Gasteiger partial charge on any atom is 0.253 e. The third-order valence-electron chi connectivity index (χ3n) is 4.53. The van der Waals surface area contributed by atoms with Gasteiger partial charge in [-0.15, -0.1) is 11.8 Å². The topological polar surface area (TPSA) is 23.6 Å². The first-order valence-corrected chi connectivity index (χ1v) is 9.78. The second-order valence-electron chi connectivity index (χ2n) is 6.28. The Balaban J connectivity index is 1.58. The summed E-state index contributed by atoms with van der Waals surface area (Å²) in [4.78, 5) is 18.2. The molecule has 1 fully saturated rings. The molecule has 25 heavy (non-hydrogen) atoms. The van der Waals surface area contributed by atoms with E-state index >= 15 is 0 Å². The van der Waals surface area contributed by atoms with Crippen LogP contribution < -0.4 is 0 Å². The number of hydrogen-bond donors (Lipinski definition) is 0. The molecular formula is C20H23FN2OS. The second kappa shape index (κ2) is 8.50. The quantitative estimate of drug-likeness (QED) is 0.775. The predicted octanol–water partition coefficient (Wildman–Crippen LogP) is 3.90. The van der Waals surface area contributed by atoms with E-state index in [2.05, 4.69) is 4.90 Å². The molecule has 0 atom stereocenters. The first-order valence-electron chi connectivity index (χ1n) is 8.56. The number of carbonyl (C=O) groups is 1. The lowest BCUT2D eigenvalue weighted by Gasteiger charge is -2.22. The van der Waals surface area contributed by atoms with Gasteiger partial charge in [-0.05, 0) is 54.6 Å². The molecule has 1 saturated heterocycles. The van der Waals surface area contributed by atoms with Crippen LogP contribution in [0.25, 0.3) is 0 Å². The largest absolute Gasteiger partial charge is 0.337 e. The van der Waals surface area contributed by atoms with E-state index < -0.39 is 0 Å². The van der Waals surface area contributed by atoms with Gasteiger partial charge in [0.1, 0.15) is 5.82 Å². The van der Waals surface area contributed by atoms with Crippen molar-refractivity contribution in [2.75, 3.05) is 32.4 Å². The van der Waals surface area contributed by atoms with Crippen molar-refractivity contribution in [2.24, 2.45) is 0 Å². The fourth-order valence-corrected chi connectivity index (χ4v) is 3.50.